The van der Waals surface area contributed by atoms with Crippen molar-refractivity contribution >= 4 is 5.97 Å². The van der Waals surface area contributed by atoms with E-state index in [1.54, 1.807) is 0 Å². The second kappa shape index (κ2) is 5.27. The van der Waals surface area contributed by atoms with E-state index in [-0.39, 0.29) is 0 Å². The van der Waals surface area contributed by atoms with Gasteiger partial charge in [0.15, 0.2) is 0 Å². The van der Waals surface area contributed by atoms with E-state index in [0.717, 1.165) is 13.8 Å². The molecule has 0 spiro atoms. The van der Waals surface area contributed by atoms with E-state index in [2.05, 4.69) is 5.11 Å². The molecule has 1 atom stereocenters. The maximum atomic E-state index is 11.3. The average Bonchev–Trinajstić information content (AvgIpc) is 2.09. The Labute approximate surface area is 72.2 Å². The first-order chi connectivity index (χ1) is 7.33. The molecular formula is C8H16O2. The van der Waals surface area contributed by atoms with Crippen LogP contribution in [0.15, 0.2) is 0 Å². The molecule has 0 bridgehead atoms. The summed E-state index contributed by atoms with van der Waals surface area (Å²) in [6.45, 7) is 2.11. The molecule has 2 heteroatoms. The number of hydrogen-bond donors (Lipinski definition) is 1. The van der Waals surface area contributed by atoms with Crippen LogP contribution in [0, 0.1) is 5.92 Å². The molecule has 0 fully saturated rings. The van der Waals surface area contributed by atoms with Gasteiger partial charge in [-0.25, -0.2) is 0 Å². The molecule has 0 aliphatic rings. The topological polar surface area (TPSA) is 37.3 Å². The van der Waals surface area contributed by atoms with Crippen molar-refractivity contribution in [2.45, 2.75) is 39.4 Å². The zero-order valence-corrected chi connectivity index (χ0v) is 6.10. The lowest BCUT2D eigenvalue weighted by atomic mass is 9.99. The molecule has 1 unspecified atom stereocenters. The minimum absolute atomic E-state index is 0.551. The Morgan fingerprint density at radius 3 is 2.80 bits per heavy atom. The van der Waals surface area contributed by atoms with Gasteiger partial charge < -0.3 is 5.11 Å². The summed E-state index contributed by atoms with van der Waals surface area (Å²) in [5.41, 5.74) is 0. The van der Waals surface area contributed by atoms with Gasteiger partial charge in [-0.1, -0.05) is 26.6 Å². The summed E-state index contributed by atoms with van der Waals surface area (Å²) in [6, 6.07) is 0. The summed E-state index contributed by atoms with van der Waals surface area (Å²) >= 11 is 0. The first kappa shape index (κ1) is 2.84. The molecule has 0 radical (unpaired) electrons. The Hall–Kier alpha value is -0.530. The molecule has 0 aliphatic carbocycles. The van der Waals surface area contributed by atoms with E-state index < -0.39 is 37.4 Å². The highest BCUT2D eigenvalue weighted by molar-refractivity contribution is 5.69. The first-order valence-electron chi connectivity index (χ1n) is 6.41. The van der Waals surface area contributed by atoms with Gasteiger partial charge in [0.05, 0.1) is 5.92 Å². The van der Waals surface area contributed by atoms with Gasteiger partial charge in [0.25, 0.3) is 1.43 Å². The third kappa shape index (κ3) is 3.49. The van der Waals surface area contributed by atoms with Crippen molar-refractivity contribution in [1.29, 1.82) is 1.43 Å². The van der Waals surface area contributed by atoms with Crippen LogP contribution in [-0.4, -0.2) is 11.1 Å². The van der Waals surface area contributed by atoms with Gasteiger partial charge in [-0.2, -0.15) is 0 Å². The lowest BCUT2D eigenvalue weighted by Crippen LogP contribution is -2.12. The molecule has 60 valence electrons. The maximum Gasteiger partial charge on any atom is 0.306 e. The highest BCUT2D eigenvalue weighted by Crippen LogP contribution is 2.12. The summed E-state index contributed by atoms with van der Waals surface area (Å²) in [7, 11) is 0. The lowest BCUT2D eigenvalue weighted by molar-refractivity contribution is -0.142. The minimum atomic E-state index is -2.62. The highest BCUT2D eigenvalue weighted by Gasteiger charge is 2.13. The quantitative estimate of drug-likeness (QED) is 0.654. The largest absolute Gasteiger partial charge is 0.481 e. The first-order valence-corrected chi connectivity index (χ1v) is 3.00. The third-order valence-corrected chi connectivity index (χ3v) is 1.01. The molecule has 0 aromatic rings. The Kier molecular flexibility index (Phi) is 1.50. The van der Waals surface area contributed by atoms with Crippen molar-refractivity contribution < 1.29 is 18.1 Å². The van der Waals surface area contributed by atoms with Crippen LogP contribution in [0.3, 0.4) is 0 Å². The number of hydrogen-bond acceptors (Lipinski definition) is 2. The molecule has 0 aromatic heterocycles. The number of carbonyl (C=O) groups is 1. The normalized spacial score (nSPS) is 27.2. The predicted molar refractivity (Wildman–Crippen MR) is 40.9 cm³/mol. The van der Waals surface area contributed by atoms with Crippen molar-refractivity contribution in [2.24, 2.45) is 5.92 Å². The zero-order chi connectivity index (χ0) is 14.1. The fraction of sp³-hybridized carbons (Fsp3) is 0.875. The van der Waals surface area contributed by atoms with Crippen LogP contribution in [-0.2, 0) is 4.79 Å². The Morgan fingerprint density at radius 1 is 1.70 bits per heavy atom. The standard InChI is InChI=1S/C8H16O2/c1-3-5-7(6-4-2)8(9)10/h7H,3-6H2,1-2H3,(H,9,10)/i3D2,4D2,5D2/hD. The second-order valence-electron chi connectivity index (χ2n) is 1.82. The van der Waals surface area contributed by atoms with Crippen molar-refractivity contribution in [1.82, 2.24) is 0 Å². The molecule has 0 saturated carbocycles. The summed E-state index contributed by atoms with van der Waals surface area (Å²) in [5, 5.41) is 3.68. The fourth-order valence-electron chi connectivity index (χ4n) is 0.572. The van der Waals surface area contributed by atoms with Gasteiger partial charge in [-0.3, -0.25) is 4.79 Å². The zero-order valence-electron chi connectivity index (χ0n) is 13.1. The van der Waals surface area contributed by atoms with Gasteiger partial charge in [-0.05, 0) is 12.8 Å². The molecule has 2 nitrogen and oxygen atoms in total. The lowest BCUT2D eigenvalue weighted by Gasteiger charge is -2.07. The molecule has 1 N–H and O–H groups in total. The SMILES string of the molecule is [2H]OC(=O)C(CC([2H])([2H])C)C([2H])([2H])C([2H])([2H])C. The van der Waals surface area contributed by atoms with Crippen LogP contribution in [0.2, 0.25) is 0 Å². The monoisotopic (exact) mass is 151 g/mol. The smallest absolute Gasteiger partial charge is 0.306 e. The van der Waals surface area contributed by atoms with Crippen molar-refractivity contribution in [3.8, 4) is 0 Å². The Morgan fingerprint density at radius 2 is 2.40 bits per heavy atom. The van der Waals surface area contributed by atoms with E-state index >= 15 is 0 Å². The number of rotatable bonds is 5. The molecule has 0 heterocycles. The van der Waals surface area contributed by atoms with E-state index in [4.69, 9.17) is 9.66 Å². The predicted octanol–water partition coefficient (Wildman–Crippen LogP) is 2.29. The van der Waals surface area contributed by atoms with Crippen molar-refractivity contribution in [2.75, 3.05) is 0 Å². The Bertz CT molecular complexity index is 279. The highest BCUT2D eigenvalue weighted by atomic mass is 16.4. The number of aliphatic carboxylic acids is 1. The van der Waals surface area contributed by atoms with Crippen LogP contribution in [0.4, 0.5) is 0 Å². The molecule has 0 saturated heterocycles. The van der Waals surface area contributed by atoms with Gasteiger partial charge in [0, 0.05) is 8.22 Å². The van der Waals surface area contributed by atoms with Crippen LogP contribution < -0.4 is 0 Å². The molecule has 10 heavy (non-hydrogen) atoms. The van der Waals surface area contributed by atoms with Crippen LogP contribution in [0.1, 0.15) is 47.6 Å². The summed E-state index contributed by atoms with van der Waals surface area (Å²) < 4.78 is 51.0. The van der Waals surface area contributed by atoms with Crippen LogP contribution >= 0.6 is 0 Å². The molecule has 0 aliphatic heterocycles. The average molecular weight is 151 g/mol. The van der Waals surface area contributed by atoms with E-state index in [9.17, 15) is 4.79 Å². The van der Waals surface area contributed by atoms with Crippen molar-refractivity contribution in [3.63, 3.8) is 0 Å². The second-order valence-corrected chi connectivity index (χ2v) is 1.82. The van der Waals surface area contributed by atoms with Crippen LogP contribution in [0.5, 0.6) is 0 Å². The van der Waals surface area contributed by atoms with Crippen molar-refractivity contribution in [3.05, 3.63) is 0 Å². The van der Waals surface area contributed by atoms with Crippen LogP contribution in [0.25, 0.3) is 1.43 Å². The fourth-order valence-corrected chi connectivity index (χ4v) is 0.572. The maximum absolute atomic E-state index is 11.3. The van der Waals surface area contributed by atoms with Gasteiger partial charge >= 0.3 is 5.97 Å². The van der Waals surface area contributed by atoms with E-state index in [1.165, 1.54) is 0 Å². The number of carboxylic acids is 1. The summed E-state index contributed by atoms with van der Waals surface area (Å²) in [6.07, 6.45) is -7.38. The van der Waals surface area contributed by atoms with E-state index in [1.807, 2.05) is 0 Å². The van der Waals surface area contributed by atoms with Gasteiger partial charge in [0.1, 0.15) is 0 Å². The number of carboxylic acid groups (broad SMARTS) is 1. The molecular weight excluding hydrogens is 128 g/mol. The Balaban J connectivity index is 5.27. The van der Waals surface area contributed by atoms with Gasteiger partial charge in [-0.15, -0.1) is 0 Å². The van der Waals surface area contributed by atoms with Gasteiger partial charge in [0.2, 0.25) is 0 Å². The molecule has 0 rings (SSSR count). The molecule has 0 amide bonds. The summed E-state index contributed by atoms with van der Waals surface area (Å²) in [4.78, 5) is 11.3. The minimum Gasteiger partial charge on any atom is -0.481 e. The third-order valence-electron chi connectivity index (χ3n) is 1.01. The van der Waals surface area contributed by atoms with E-state index in [0.29, 0.717) is 0 Å². The summed E-state index contributed by atoms with van der Waals surface area (Å²) in [5.74, 6) is -2.94. The molecule has 0 aromatic carbocycles.